The summed E-state index contributed by atoms with van der Waals surface area (Å²) in [6, 6.07) is 12.4. The molecule has 0 unspecified atom stereocenters. The van der Waals surface area contributed by atoms with Gasteiger partial charge in [-0.3, -0.25) is 0 Å². The lowest BCUT2D eigenvalue weighted by molar-refractivity contribution is 0.0243. The van der Waals surface area contributed by atoms with Crippen LogP contribution in [0.3, 0.4) is 0 Å². The predicted octanol–water partition coefficient (Wildman–Crippen LogP) is 4.55. The number of ether oxygens (including phenoxy) is 2. The van der Waals surface area contributed by atoms with Crippen LogP contribution in [0.15, 0.2) is 42.6 Å². The second-order valence-corrected chi connectivity index (χ2v) is 8.87. The van der Waals surface area contributed by atoms with Crippen LogP contribution in [0.2, 0.25) is 0 Å². The molecule has 0 radical (unpaired) electrons. The number of aryl methyl sites for hydroxylation is 1. The molecule has 1 N–H and O–H groups in total. The van der Waals surface area contributed by atoms with E-state index in [2.05, 4.69) is 43.4 Å². The highest BCUT2D eigenvalue weighted by Gasteiger charge is 2.21. The second-order valence-electron chi connectivity index (χ2n) is 8.07. The van der Waals surface area contributed by atoms with Gasteiger partial charge in [-0.05, 0) is 54.9 Å². The Morgan fingerprint density at radius 1 is 1.12 bits per heavy atom. The average Bonchev–Trinajstić information content (AvgIpc) is 3.40. The van der Waals surface area contributed by atoms with Gasteiger partial charge in [0, 0.05) is 44.5 Å². The molecule has 1 fully saturated rings. The van der Waals surface area contributed by atoms with Crippen LogP contribution in [0.5, 0.6) is 5.88 Å². The van der Waals surface area contributed by atoms with Gasteiger partial charge in [0.2, 0.25) is 11.8 Å². The molecule has 4 heterocycles. The molecule has 5 rings (SSSR count). The standard InChI is InChI=1S/C23H26N6O2S/c1-15-14-20(32-27-15)25-23-24-19-8-11-29(17-6-4-16(5-7-17)28(2)3)21(19)22(26-23)31-18-9-12-30-13-10-18/h4-8,11,14,18H,9-10,12-13H2,1-3H3,(H,24,25,26). The zero-order valence-corrected chi connectivity index (χ0v) is 19.2. The third-order valence-corrected chi connectivity index (χ3v) is 6.25. The molecule has 0 bridgehead atoms. The van der Waals surface area contributed by atoms with Crippen molar-refractivity contribution in [1.29, 1.82) is 0 Å². The smallest absolute Gasteiger partial charge is 0.244 e. The van der Waals surface area contributed by atoms with Crippen molar-refractivity contribution < 1.29 is 9.47 Å². The number of rotatable bonds is 6. The minimum absolute atomic E-state index is 0.0693. The Balaban J connectivity index is 1.56. The van der Waals surface area contributed by atoms with E-state index in [1.807, 2.05) is 39.3 Å². The van der Waals surface area contributed by atoms with E-state index in [4.69, 9.17) is 19.4 Å². The largest absolute Gasteiger partial charge is 0.473 e. The Morgan fingerprint density at radius 3 is 2.59 bits per heavy atom. The van der Waals surface area contributed by atoms with Crippen molar-refractivity contribution in [3.8, 4) is 11.6 Å². The number of aromatic nitrogens is 4. The van der Waals surface area contributed by atoms with Gasteiger partial charge in [-0.1, -0.05) is 0 Å². The molecule has 0 atom stereocenters. The van der Waals surface area contributed by atoms with Crippen molar-refractivity contribution in [2.24, 2.45) is 0 Å². The molecule has 1 aliphatic rings. The number of nitrogens with one attached hydrogen (secondary N) is 1. The average molecular weight is 451 g/mol. The van der Waals surface area contributed by atoms with Gasteiger partial charge in [0.25, 0.3) is 0 Å². The summed E-state index contributed by atoms with van der Waals surface area (Å²) in [6.07, 6.45) is 3.78. The minimum Gasteiger partial charge on any atom is -0.473 e. The number of anilines is 3. The summed E-state index contributed by atoms with van der Waals surface area (Å²) in [6.45, 7) is 3.38. The lowest BCUT2D eigenvalue weighted by atomic mass is 10.1. The zero-order chi connectivity index (χ0) is 22.1. The van der Waals surface area contributed by atoms with Gasteiger partial charge >= 0.3 is 0 Å². The molecule has 0 aliphatic carbocycles. The monoisotopic (exact) mass is 450 g/mol. The van der Waals surface area contributed by atoms with Crippen LogP contribution in [-0.4, -0.2) is 52.3 Å². The van der Waals surface area contributed by atoms with E-state index in [9.17, 15) is 0 Å². The van der Waals surface area contributed by atoms with E-state index in [1.54, 1.807) is 0 Å². The first-order valence-corrected chi connectivity index (χ1v) is 11.5. The Bertz CT molecular complexity index is 1210. The third-order valence-electron chi connectivity index (χ3n) is 5.46. The third kappa shape index (κ3) is 4.26. The highest BCUT2D eigenvalue weighted by molar-refractivity contribution is 7.10. The van der Waals surface area contributed by atoms with Gasteiger partial charge in [0.1, 0.15) is 16.6 Å². The van der Waals surface area contributed by atoms with E-state index in [1.165, 1.54) is 11.5 Å². The molecule has 3 aromatic heterocycles. The predicted molar refractivity (Wildman–Crippen MR) is 128 cm³/mol. The van der Waals surface area contributed by atoms with Crippen LogP contribution in [0, 0.1) is 6.92 Å². The Hall–Kier alpha value is -3.17. The number of fused-ring (bicyclic) bond motifs is 1. The summed E-state index contributed by atoms with van der Waals surface area (Å²) in [5, 5.41) is 4.18. The molecular weight excluding hydrogens is 424 g/mol. The van der Waals surface area contributed by atoms with E-state index >= 15 is 0 Å². The van der Waals surface area contributed by atoms with Crippen molar-refractivity contribution in [3.63, 3.8) is 0 Å². The molecule has 32 heavy (non-hydrogen) atoms. The summed E-state index contributed by atoms with van der Waals surface area (Å²) >= 11 is 1.39. The molecule has 1 aliphatic heterocycles. The van der Waals surface area contributed by atoms with Crippen molar-refractivity contribution in [1.82, 2.24) is 18.9 Å². The molecule has 166 valence electrons. The second kappa shape index (κ2) is 8.76. The normalized spacial score (nSPS) is 14.6. The topological polar surface area (TPSA) is 77.3 Å². The van der Waals surface area contributed by atoms with Crippen LogP contribution in [-0.2, 0) is 4.74 Å². The van der Waals surface area contributed by atoms with Crippen LogP contribution >= 0.6 is 11.5 Å². The van der Waals surface area contributed by atoms with E-state index in [0.29, 0.717) is 25.0 Å². The molecule has 1 aromatic carbocycles. The highest BCUT2D eigenvalue weighted by atomic mass is 32.1. The highest BCUT2D eigenvalue weighted by Crippen LogP contribution is 2.32. The lowest BCUT2D eigenvalue weighted by Gasteiger charge is -2.23. The number of hydrogen-bond donors (Lipinski definition) is 1. The van der Waals surface area contributed by atoms with E-state index in [0.717, 1.165) is 45.9 Å². The van der Waals surface area contributed by atoms with E-state index < -0.39 is 0 Å². The minimum atomic E-state index is 0.0693. The molecule has 8 nitrogen and oxygen atoms in total. The summed E-state index contributed by atoms with van der Waals surface area (Å²) in [4.78, 5) is 11.6. The van der Waals surface area contributed by atoms with Gasteiger partial charge < -0.3 is 24.3 Å². The van der Waals surface area contributed by atoms with Crippen LogP contribution in [0.4, 0.5) is 16.6 Å². The summed E-state index contributed by atoms with van der Waals surface area (Å²) in [5.74, 6) is 1.08. The molecule has 9 heteroatoms. The molecule has 4 aromatic rings. The van der Waals surface area contributed by atoms with Crippen molar-refractivity contribution in [2.75, 3.05) is 37.5 Å². The van der Waals surface area contributed by atoms with Crippen molar-refractivity contribution in [3.05, 3.63) is 48.3 Å². The maximum atomic E-state index is 6.42. The van der Waals surface area contributed by atoms with Crippen LogP contribution in [0.25, 0.3) is 16.7 Å². The Morgan fingerprint density at radius 2 is 1.91 bits per heavy atom. The molecular formula is C23H26N6O2S. The fraction of sp³-hybridized carbons (Fsp3) is 0.348. The molecule has 1 saturated heterocycles. The number of hydrogen-bond acceptors (Lipinski definition) is 8. The van der Waals surface area contributed by atoms with Gasteiger partial charge in [-0.2, -0.15) is 9.36 Å². The van der Waals surface area contributed by atoms with E-state index in [-0.39, 0.29) is 6.10 Å². The first kappa shape index (κ1) is 20.7. The summed E-state index contributed by atoms with van der Waals surface area (Å²) < 4.78 is 18.3. The maximum Gasteiger partial charge on any atom is 0.244 e. The Labute approximate surface area is 191 Å². The van der Waals surface area contributed by atoms with Gasteiger partial charge in [0.15, 0.2) is 0 Å². The summed E-state index contributed by atoms with van der Waals surface area (Å²) in [5.41, 5.74) is 4.82. The van der Waals surface area contributed by atoms with Gasteiger partial charge in [-0.25, -0.2) is 4.98 Å². The fourth-order valence-electron chi connectivity index (χ4n) is 3.76. The lowest BCUT2D eigenvalue weighted by Crippen LogP contribution is -2.26. The zero-order valence-electron chi connectivity index (χ0n) is 18.4. The maximum absolute atomic E-state index is 6.42. The van der Waals surface area contributed by atoms with Crippen LogP contribution in [0.1, 0.15) is 18.5 Å². The van der Waals surface area contributed by atoms with Gasteiger partial charge in [0.05, 0.1) is 24.4 Å². The van der Waals surface area contributed by atoms with Crippen LogP contribution < -0.4 is 15.0 Å². The Kier molecular flexibility index (Phi) is 5.67. The number of benzene rings is 1. The molecule has 0 amide bonds. The first-order valence-electron chi connectivity index (χ1n) is 10.7. The molecule has 0 saturated carbocycles. The fourth-order valence-corrected chi connectivity index (χ4v) is 4.42. The SMILES string of the molecule is Cc1cc(Nc2nc(OC3CCOCC3)c3c(ccn3-c3ccc(N(C)C)cc3)n2)sn1. The van der Waals surface area contributed by atoms with Crippen molar-refractivity contribution in [2.45, 2.75) is 25.9 Å². The number of nitrogens with zero attached hydrogens (tertiary/aromatic N) is 5. The first-order chi connectivity index (χ1) is 15.6. The quantitative estimate of drug-likeness (QED) is 0.462. The molecule has 0 spiro atoms. The van der Waals surface area contributed by atoms with Crippen molar-refractivity contribution >= 4 is 39.2 Å². The van der Waals surface area contributed by atoms with Gasteiger partial charge in [-0.15, -0.1) is 0 Å². The summed E-state index contributed by atoms with van der Waals surface area (Å²) in [7, 11) is 4.07.